The van der Waals surface area contributed by atoms with Gasteiger partial charge in [0.25, 0.3) is 5.56 Å². The zero-order valence-electron chi connectivity index (χ0n) is 19.7. The number of benzene rings is 1. The minimum atomic E-state index is -0.259. The minimum absolute atomic E-state index is 0.0496. The number of hydrogen-bond donors (Lipinski definition) is 0. The second kappa shape index (κ2) is 9.21. The molecule has 0 radical (unpaired) electrons. The van der Waals surface area contributed by atoms with Crippen LogP contribution in [0.5, 0.6) is 0 Å². The molecule has 0 amide bonds. The predicted molar refractivity (Wildman–Crippen MR) is 135 cm³/mol. The van der Waals surface area contributed by atoms with Crippen LogP contribution in [-0.2, 0) is 7.05 Å². The smallest absolute Gasteiger partial charge is 0.252 e. The number of fused-ring (bicyclic) bond motifs is 1. The number of nitrogens with zero attached hydrogens (tertiary/aromatic N) is 6. The summed E-state index contributed by atoms with van der Waals surface area (Å²) in [5.74, 6) is -0.259. The Hall–Kier alpha value is -3.61. The first-order valence-corrected chi connectivity index (χ1v) is 12.2. The fourth-order valence-electron chi connectivity index (χ4n) is 4.97. The normalized spacial score (nSPS) is 19.6. The standard InChI is InChI=1S/C26H25FN6OS/c1-16-15-33(26(23-10-11-29-35-23)18-4-6-19(27)7-5-18)17(2)14-32(16)22-12-24(34)31(3)21-9-8-20(13-28)30-25(21)22/h4-12,16-17,26H,14-15H2,1-3H3/t16-,17+,26?/m0/s1. The molecule has 3 atom stereocenters. The highest BCUT2D eigenvalue weighted by molar-refractivity contribution is 7.05. The van der Waals surface area contributed by atoms with Gasteiger partial charge in [-0.2, -0.15) is 5.26 Å². The van der Waals surface area contributed by atoms with Crippen molar-refractivity contribution in [2.75, 3.05) is 18.0 Å². The molecule has 3 aromatic heterocycles. The first kappa shape index (κ1) is 23.1. The second-order valence-corrected chi connectivity index (χ2v) is 9.88. The van der Waals surface area contributed by atoms with Crippen LogP contribution in [0.1, 0.15) is 36.0 Å². The van der Waals surface area contributed by atoms with Crippen LogP contribution in [-0.4, -0.2) is 44.0 Å². The zero-order valence-corrected chi connectivity index (χ0v) is 20.5. The molecule has 1 fully saturated rings. The number of aryl methyl sites for hydroxylation is 1. The van der Waals surface area contributed by atoms with Crippen LogP contribution in [0.4, 0.5) is 10.1 Å². The third kappa shape index (κ3) is 4.20. The molecule has 1 aliphatic heterocycles. The predicted octanol–water partition coefficient (Wildman–Crippen LogP) is 4.09. The Balaban J connectivity index is 1.54. The number of nitriles is 1. The van der Waals surface area contributed by atoms with E-state index >= 15 is 0 Å². The molecule has 1 aromatic carbocycles. The van der Waals surface area contributed by atoms with E-state index in [-0.39, 0.29) is 29.5 Å². The summed E-state index contributed by atoms with van der Waals surface area (Å²) in [5.41, 5.74) is 3.31. The summed E-state index contributed by atoms with van der Waals surface area (Å²) in [5, 5.41) is 9.40. The van der Waals surface area contributed by atoms with Crippen molar-refractivity contribution in [2.45, 2.75) is 32.0 Å². The third-order valence-electron chi connectivity index (χ3n) is 6.77. The molecular formula is C26H25FN6OS. The molecule has 1 aliphatic rings. The maximum atomic E-state index is 13.7. The number of pyridine rings is 2. The lowest BCUT2D eigenvalue weighted by atomic mass is 9.98. The molecule has 9 heteroatoms. The van der Waals surface area contributed by atoms with Crippen LogP contribution < -0.4 is 10.5 Å². The van der Waals surface area contributed by atoms with Crippen molar-refractivity contribution in [3.8, 4) is 6.07 Å². The van der Waals surface area contributed by atoms with E-state index in [1.807, 2.05) is 18.2 Å². The molecule has 0 saturated carbocycles. The maximum Gasteiger partial charge on any atom is 0.252 e. The number of hydrogen-bond acceptors (Lipinski definition) is 7. The van der Waals surface area contributed by atoms with Crippen LogP contribution in [0.25, 0.3) is 11.0 Å². The van der Waals surface area contributed by atoms with Crippen molar-refractivity contribution in [1.29, 1.82) is 5.26 Å². The number of halogens is 1. The van der Waals surface area contributed by atoms with Crippen LogP contribution in [0.15, 0.2) is 59.5 Å². The van der Waals surface area contributed by atoms with Gasteiger partial charge < -0.3 is 9.47 Å². The second-order valence-electron chi connectivity index (χ2n) is 9.02. The summed E-state index contributed by atoms with van der Waals surface area (Å²) in [4.78, 5) is 23.1. The van der Waals surface area contributed by atoms with Gasteiger partial charge in [-0.25, -0.2) is 13.7 Å². The molecule has 5 rings (SSSR count). The summed E-state index contributed by atoms with van der Waals surface area (Å²) in [6.45, 7) is 5.67. The van der Waals surface area contributed by atoms with Crippen molar-refractivity contribution >= 4 is 28.3 Å². The molecule has 4 heterocycles. The highest BCUT2D eigenvalue weighted by atomic mass is 32.1. The van der Waals surface area contributed by atoms with Crippen molar-refractivity contribution in [3.05, 3.63) is 87.0 Å². The number of piperazine rings is 1. The van der Waals surface area contributed by atoms with E-state index in [9.17, 15) is 14.4 Å². The quantitative estimate of drug-likeness (QED) is 0.431. The molecule has 0 N–H and O–H groups in total. The van der Waals surface area contributed by atoms with Crippen molar-refractivity contribution in [1.82, 2.24) is 18.8 Å². The SMILES string of the molecule is C[C@@H]1CN(c2cc(=O)n(C)c3ccc(C#N)nc23)[C@@H](C)CN1C(c1ccc(F)cc1)c1ccns1. The Labute approximate surface area is 206 Å². The topological polar surface area (TPSA) is 78.0 Å². The van der Waals surface area contributed by atoms with Crippen LogP contribution >= 0.6 is 11.5 Å². The van der Waals surface area contributed by atoms with Gasteiger partial charge in [-0.15, -0.1) is 0 Å². The van der Waals surface area contributed by atoms with Gasteiger partial charge in [0.05, 0.1) is 17.2 Å². The zero-order chi connectivity index (χ0) is 24.7. The first-order chi connectivity index (χ1) is 16.9. The van der Waals surface area contributed by atoms with Crippen molar-refractivity contribution < 1.29 is 4.39 Å². The number of rotatable bonds is 4. The van der Waals surface area contributed by atoms with E-state index in [0.29, 0.717) is 23.3 Å². The summed E-state index contributed by atoms with van der Waals surface area (Å²) < 4.78 is 19.5. The van der Waals surface area contributed by atoms with Gasteiger partial charge in [0.1, 0.15) is 23.1 Å². The molecule has 35 heavy (non-hydrogen) atoms. The molecule has 4 aromatic rings. The van der Waals surface area contributed by atoms with Crippen LogP contribution in [0.3, 0.4) is 0 Å². The Kier molecular flexibility index (Phi) is 6.09. The molecule has 1 saturated heterocycles. The molecule has 1 unspecified atom stereocenters. The Morgan fingerprint density at radius 3 is 2.57 bits per heavy atom. The number of aromatic nitrogens is 3. The van der Waals surface area contributed by atoms with E-state index in [1.54, 1.807) is 36.0 Å². The molecule has 0 spiro atoms. The fraction of sp³-hybridized carbons (Fsp3) is 0.308. The van der Waals surface area contributed by atoms with Crippen LogP contribution in [0.2, 0.25) is 0 Å². The minimum Gasteiger partial charge on any atom is -0.364 e. The van der Waals surface area contributed by atoms with E-state index < -0.39 is 0 Å². The summed E-state index contributed by atoms with van der Waals surface area (Å²) >= 11 is 1.45. The van der Waals surface area contributed by atoms with E-state index in [2.05, 4.69) is 39.1 Å². The Morgan fingerprint density at radius 2 is 1.89 bits per heavy atom. The van der Waals surface area contributed by atoms with Gasteiger partial charge in [0, 0.05) is 49.4 Å². The lowest BCUT2D eigenvalue weighted by Crippen LogP contribution is -2.57. The fourth-order valence-corrected chi connectivity index (χ4v) is 5.71. The van der Waals surface area contributed by atoms with Gasteiger partial charge in [-0.3, -0.25) is 9.69 Å². The van der Waals surface area contributed by atoms with Gasteiger partial charge in [0.15, 0.2) is 0 Å². The van der Waals surface area contributed by atoms with E-state index in [1.165, 1.54) is 23.7 Å². The molecular weight excluding hydrogens is 463 g/mol. The Bertz CT molecular complexity index is 1460. The third-order valence-corrected chi connectivity index (χ3v) is 7.57. The molecule has 7 nitrogen and oxygen atoms in total. The van der Waals surface area contributed by atoms with E-state index in [4.69, 9.17) is 0 Å². The lowest BCUT2D eigenvalue weighted by molar-refractivity contribution is 0.131. The van der Waals surface area contributed by atoms with E-state index in [0.717, 1.165) is 22.7 Å². The van der Waals surface area contributed by atoms with Gasteiger partial charge in [0.2, 0.25) is 0 Å². The van der Waals surface area contributed by atoms with Crippen molar-refractivity contribution in [3.63, 3.8) is 0 Å². The average Bonchev–Trinajstić information content (AvgIpc) is 3.39. The highest BCUT2D eigenvalue weighted by Gasteiger charge is 2.36. The maximum absolute atomic E-state index is 13.7. The monoisotopic (exact) mass is 488 g/mol. The Morgan fingerprint density at radius 1 is 1.11 bits per heavy atom. The van der Waals surface area contributed by atoms with Gasteiger partial charge >= 0.3 is 0 Å². The molecule has 0 aliphatic carbocycles. The largest absolute Gasteiger partial charge is 0.364 e. The first-order valence-electron chi connectivity index (χ1n) is 11.5. The average molecular weight is 489 g/mol. The van der Waals surface area contributed by atoms with Crippen LogP contribution in [0, 0.1) is 17.1 Å². The van der Waals surface area contributed by atoms with Gasteiger partial charge in [-0.1, -0.05) is 12.1 Å². The number of anilines is 1. The summed E-state index contributed by atoms with van der Waals surface area (Å²) in [6.07, 6.45) is 1.80. The summed E-state index contributed by atoms with van der Waals surface area (Å²) in [7, 11) is 1.72. The van der Waals surface area contributed by atoms with Gasteiger partial charge in [-0.05, 0) is 61.3 Å². The lowest BCUT2D eigenvalue weighted by Gasteiger charge is -2.48. The molecule has 178 valence electrons. The summed E-state index contributed by atoms with van der Waals surface area (Å²) in [6, 6.07) is 16.0. The highest BCUT2D eigenvalue weighted by Crippen LogP contribution is 2.37. The molecule has 0 bridgehead atoms. The van der Waals surface area contributed by atoms with Crippen molar-refractivity contribution in [2.24, 2.45) is 7.05 Å².